The SMILES string of the molecule is c1ccc(-c2cccc(-c3ccccc3)c2-c2nccs2)cc1. The first-order chi connectivity index (χ1) is 11.4. The molecule has 0 spiro atoms. The first-order valence-corrected chi connectivity index (χ1v) is 8.45. The largest absolute Gasteiger partial charge is 0.245 e. The Hall–Kier alpha value is -2.71. The van der Waals surface area contributed by atoms with Crippen molar-refractivity contribution in [3.05, 3.63) is 90.4 Å². The van der Waals surface area contributed by atoms with Gasteiger partial charge in [0.1, 0.15) is 5.01 Å². The number of thiazole rings is 1. The topological polar surface area (TPSA) is 12.9 Å². The molecular weight excluding hydrogens is 298 g/mol. The molecule has 0 amide bonds. The maximum Gasteiger partial charge on any atom is 0.124 e. The van der Waals surface area contributed by atoms with Gasteiger partial charge >= 0.3 is 0 Å². The molecule has 1 heterocycles. The van der Waals surface area contributed by atoms with Crippen molar-refractivity contribution < 1.29 is 0 Å². The molecule has 0 N–H and O–H groups in total. The van der Waals surface area contributed by atoms with Crippen molar-refractivity contribution >= 4 is 11.3 Å². The van der Waals surface area contributed by atoms with Crippen LogP contribution >= 0.6 is 11.3 Å². The second kappa shape index (κ2) is 6.19. The minimum absolute atomic E-state index is 1.06. The fraction of sp³-hybridized carbons (Fsp3) is 0. The van der Waals surface area contributed by atoms with Crippen LogP contribution in [0, 0.1) is 0 Å². The first-order valence-electron chi connectivity index (χ1n) is 7.57. The second-order valence-electron chi connectivity index (χ2n) is 5.30. The van der Waals surface area contributed by atoms with Crippen molar-refractivity contribution in [2.45, 2.75) is 0 Å². The molecule has 4 rings (SSSR count). The third-order valence-corrected chi connectivity index (χ3v) is 4.67. The molecule has 3 aromatic carbocycles. The molecule has 0 bridgehead atoms. The van der Waals surface area contributed by atoms with E-state index >= 15 is 0 Å². The molecule has 0 aliphatic rings. The highest BCUT2D eigenvalue weighted by Crippen LogP contribution is 2.40. The van der Waals surface area contributed by atoms with E-state index in [0.717, 1.165) is 5.01 Å². The van der Waals surface area contributed by atoms with E-state index in [1.165, 1.54) is 27.8 Å². The zero-order chi connectivity index (χ0) is 15.5. The fourth-order valence-corrected chi connectivity index (χ4v) is 3.56. The maximum atomic E-state index is 4.58. The molecule has 0 fully saturated rings. The quantitative estimate of drug-likeness (QED) is 0.442. The van der Waals surface area contributed by atoms with Gasteiger partial charge in [-0.1, -0.05) is 78.9 Å². The van der Waals surface area contributed by atoms with Gasteiger partial charge < -0.3 is 0 Å². The number of nitrogens with zero attached hydrogens (tertiary/aromatic N) is 1. The predicted octanol–water partition coefficient (Wildman–Crippen LogP) is 6.14. The lowest BCUT2D eigenvalue weighted by Crippen LogP contribution is -1.89. The average Bonchev–Trinajstić information content (AvgIpc) is 3.17. The minimum Gasteiger partial charge on any atom is -0.245 e. The first kappa shape index (κ1) is 13.9. The predicted molar refractivity (Wildman–Crippen MR) is 98.4 cm³/mol. The third kappa shape index (κ3) is 2.69. The Morgan fingerprint density at radius 3 is 1.65 bits per heavy atom. The summed E-state index contributed by atoms with van der Waals surface area (Å²) in [4.78, 5) is 4.58. The Morgan fingerprint density at radius 1 is 0.609 bits per heavy atom. The van der Waals surface area contributed by atoms with Crippen LogP contribution in [-0.2, 0) is 0 Å². The van der Waals surface area contributed by atoms with Gasteiger partial charge in [0.2, 0.25) is 0 Å². The Labute approximate surface area is 139 Å². The van der Waals surface area contributed by atoms with Crippen molar-refractivity contribution in [2.24, 2.45) is 0 Å². The molecule has 0 saturated heterocycles. The van der Waals surface area contributed by atoms with Crippen molar-refractivity contribution in [3.63, 3.8) is 0 Å². The molecule has 0 aliphatic carbocycles. The Balaban J connectivity index is 2.01. The molecular formula is C21H15NS. The molecule has 0 aliphatic heterocycles. The number of aromatic nitrogens is 1. The fourth-order valence-electron chi connectivity index (χ4n) is 2.85. The van der Waals surface area contributed by atoms with E-state index in [1.807, 2.05) is 23.7 Å². The van der Waals surface area contributed by atoms with Gasteiger partial charge in [0.25, 0.3) is 0 Å². The van der Waals surface area contributed by atoms with E-state index in [0.29, 0.717) is 0 Å². The molecule has 2 heteroatoms. The standard InChI is InChI=1S/C21H15NS/c1-3-8-16(9-4-1)18-12-7-13-19(17-10-5-2-6-11-17)20(18)21-22-14-15-23-21/h1-15H. The number of benzene rings is 3. The highest BCUT2D eigenvalue weighted by molar-refractivity contribution is 7.13. The summed E-state index contributed by atoms with van der Waals surface area (Å²) in [6.45, 7) is 0. The van der Waals surface area contributed by atoms with Gasteiger partial charge in [0.05, 0.1) is 0 Å². The molecule has 23 heavy (non-hydrogen) atoms. The van der Waals surface area contributed by atoms with E-state index < -0.39 is 0 Å². The molecule has 1 nitrogen and oxygen atoms in total. The van der Waals surface area contributed by atoms with E-state index in [2.05, 4.69) is 71.7 Å². The van der Waals surface area contributed by atoms with Crippen LogP contribution in [0.5, 0.6) is 0 Å². The third-order valence-electron chi connectivity index (χ3n) is 3.88. The summed E-state index contributed by atoms with van der Waals surface area (Å²) in [6, 6.07) is 27.5. The summed E-state index contributed by atoms with van der Waals surface area (Å²) >= 11 is 1.68. The lowest BCUT2D eigenvalue weighted by Gasteiger charge is -2.14. The number of hydrogen-bond acceptors (Lipinski definition) is 2. The zero-order valence-electron chi connectivity index (χ0n) is 12.5. The Morgan fingerprint density at radius 2 is 1.17 bits per heavy atom. The van der Waals surface area contributed by atoms with Gasteiger partial charge in [-0.05, 0) is 22.3 Å². The maximum absolute atomic E-state index is 4.58. The van der Waals surface area contributed by atoms with Crippen LogP contribution in [-0.4, -0.2) is 4.98 Å². The lowest BCUT2D eigenvalue weighted by molar-refractivity contribution is 1.41. The summed E-state index contributed by atoms with van der Waals surface area (Å²) < 4.78 is 0. The van der Waals surface area contributed by atoms with E-state index in [9.17, 15) is 0 Å². The van der Waals surface area contributed by atoms with Gasteiger partial charge in [0.15, 0.2) is 0 Å². The van der Waals surface area contributed by atoms with E-state index in [1.54, 1.807) is 11.3 Å². The van der Waals surface area contributed by atoms with E-state index in [4.69, 9.17) is 0 Å². The van der Waals surface area contributed by atoms with Crippen LogP contribution in [0.1, 0.15) is 0 Å². The van der Waals surface area contributed by atoms with Crippen LogP contribution in [0.2, 0.25) is 0 Å². The van der Waals surface area contributed by atoms with Crippen molar-refractivity contribution in [1.29, 1.82) is 0 Å². The molecule has 0 atom stereocenters. The van der Waals surface area contributed by atoms with Gasteiger partial charge in [-0.15, -0.1) is 11.3 Å². The van der Waals surface area contributed by atoms with Crippen LogP contribution in [0.25, 0.3) is 32.8 Å². The molecule has 4 aromatic rings. The summed E-state index contributed by atoms with van der Waals surface area (Å²) in [5.41, 5.74) is 6.09. The van der Waals surface area contributed by atoms with Gasteiger partial charge in [-0.2, -0.15) is 0 Å². The van der Waals surface area contributed by atoms with Gasteiger partial charge in [0, 0.05) is 17.1 Å². The van der Waals surface area contributed by atoms with Crippen LogP contribution in [0.4, 0.5) is 0 Å². The second-order valence-corrected chi connectivity index (χ2v) is 6.19. The monoisotopic (exact) mass is 313 g/mol. The van der Waals surface area contributed by atoms with Crippen molar-refractivity contribution in [2.75, 3.05) is 0 Å². The summed E-state index contributed by atoms with van der Waals surface area (Å²) in [5, 5.41) is 3.09. The van der Waals surface area contributed by atoms with E-state index in [-0.39, 0.29) is 0 Å². The molecule has 0 radical (unpaired) electrons. The summed E-state index contributed by atoms with van der Waals surface area (Å²) in [6.07, 6.45) is 1.87. The van der Waals surface area contributed by atoms with Crippen LogP contribution in [0.15, 0.2) is 90.4 Å². The average molecular weight is 313 g/mol. The Bertz CT molecular complexity index is 840. The molecule has 1 aromatic heterocycles. The normalized spacial score (nSPS) is 10.6. The molecule has 0 unspecified atom stereocenters. The smallest absolute Gasteiger partial charge is 0.124 e. The number of hydrogen-bond donors (Lipinski definition) is 0. The summed E-state index contributed by atoms with van der Waals surface area (Å²) in [5.74, 6) is 0. The van der Waals surface area contributed by atoms with Crippen molar-refractivity contribution in [3.8, 4) is 32.8 Å². The summed E-state index contributed by atoms with van der Waals surface area (Å²) in [7, 11) is 0. The van der Waals surface area contributed by atoms with Crippen LogP contribution in [0.3, 0.4) is 0 Å². The zero-order valence-corrected chi connectivity index (χ0v) is 13.3. The Kier molecular flexibility index (Phi) is 3.75. The highest BCUT2D eigenvalue weighted by atomic mass is 32.1. The highest BCUT2D eigenvalue weighted by Gasteiger charge is 2.15. The molecule has 0 saturated carbocycles. The van der Waals surface area contributed by atoms with Crippen molar-refractivity contribution in [1.82, 2.24) is 4.98 Å². The minimum atomic E-state index is 1.06. The van der Waals surface area contributed by atoms with Gasteiger partial charge in [-0.25, -0.2) is 4.98 Å². The van der Waals surface area contributed by atoms with Gasteiger partial charge in [-0.3, -0.25) is 0 Å². The number of rotatable bonds is 3. The molecule has 110 valence electrons. The lowest BCUT2D eigenvalue weighted by atomic mass is 9.92. The van der Waals surface area contributed by atoms with Crippen LogP contribution < -0.4 is 0 Å².